The van der Waals surface area contributed by atoms with Crippen molar-refractivity contribution in [3.8, 4) is 0 Å². The number of carbonyl (C=O) groups is 1. The van der Waals surface area contributed by atoms with Gasteiger partial charge in [0.1, 0.15) is 11.6 Å². The summed E-state index contributed by atoms with van der Waals surface area (Å²) < 4.78 is 41.7. The molecule has 2 aromatic rings. The van der Waals surface area contributed by atoms with E-state index in [0.717, 1.165) is 29.5 Å². The molecule has 0 radical (unpaired) electrons. The van der Waals surface area contributed by atoms with Gasteiger partial charge in [0.05, 0.1) is 12.2 Å². The Bertz CT molecular complexity index is 950. The molecule has 0 aromatic heterocycles. The summed E-state index contributed by atoms with van der Waals surface area (Å²) in [5, 5.41) is 2.35. The SMILES string of the molecule is O=NC(=O)c1cc(C2CC2)c(CN2CCC(CF)(c3ccc(F)cc3)CC2)cc1F. The lowest BCUT2D eigenvalue weighted by Crippen LogP contribution is -2.43. The number of likely N-dealkylation sites (tertiary alicyclic amines) is 1. The number of amides is 1. The molecule has 0 bridgehead atoms. The Balaban J connectivity index is 1.51. The fourth-order valence-electron chi connectivity index (χ4n) is 4.44. The molecule has 2 fully saturated rings. The normalized spacial score (nSPS) is 18.9. The minimum Gasteiger partial charge on any atom is -0.299 e. The van der Waals surface area contributed by atoms with Gasteiger partial charge in [-0.2, -0.15) is 0 Å². The van der Waals surface area contributed by atoms with Gasteiger partial charge in [-0.15, -0.1) is 4.91 Å². The van der Waals surface area contributed by atoms with Crippen molar-refractivity contribution in [1.82, 2.24) is 4.90 Å². The topological polar surface area (TPSA) is 49.7 Å². The average Bonchev–Trinajstić information content (AvgIpc) is 3.60. The fraction of sp³-hybridized carbons (Fsp3) is 0.435. The van der Waals surface area contributed by atoms with Gasteiger partial charge in [-0.05, 0) is 85.6 Å². The highest BCUT2D eigenvalue weighted by atomic mass is 19.1. The zero-order chi connectivity index (χ0) is 21.3. The van der Waals surface area contributed by atoms with Crippen LogP contribution in [0.4, 0.5) is 13.2 Å². The first kappa shape index (κ1) is 20.7. The Morgan fingerprint density at radius 3 is 2.33 bits per heavy atom. The molecule has 2 aromatic carbocycles. The maximum Gasteiger partial charge on any atom is 0.319 e. The van der Waals surface area contributed by atoms with Crippen LogP contribution in [-0.4, -0.2) is 30.6 Å². The standard InChI is InChI=1S/C23H23F3N2O2/c24-14-23(17-3-5-18(25)6-4-17)7-9-28(10-8-23)13-16-11-21(26)20(22(29)27-30)12-19(16)15-1-2-15/h3-6,11-12,15H,1-2,7-10,13-14H2. The molecule has 2 aliphatic rings. The van der Waals surface area contributed by atoms with E-state index in [1.54, 1.807) is 12.1 Å². The van der Waals surface area contributed by atoms with Crippen molar-refractivity contribution in [3.05, 3.63) is 75.2 Å². The smallest absolute Gasteiger partial charge is 0.299 e. The zero-order valence-electron chi connectivity index (χ0n) is 16.5. The number of benzene rings is 2. The number of hydrogen-bond acceptors (Lipinski definition) is 3. The molecule has 1 aliphatic heterocycles. The number of nitroso groups, excluding NO2 is 1. The molecule has 30 heavy (non-hydrogen) atoms. The second-order valence-electron chi connectivity index (χ2n) is 8.40. The Kier molecular flexibility index (Phi) is 5.73. The fourth-order valence-corrected chi connectivity index (χ4v) is 4.44. The number of rotatable bonds is 6. The quantitative estimate of drug-likeness (QED) is 0.604. The molecule has 158 valence electrons. The van der Waals surface area contributed by atoms with Gasteiger partial charge in [-0.1, -0.05) is 12.1 Å². The maximum atomic E-state index is 14.4. The summed E-state index contributed by atoms with van der Waals surface area (Å²) in [6.07, 6.45) is 3.11. The maximum absolute atomic E-state index is 14.4. The van der Waals surface area contributed by atoms with Gasteiger partial charge in [0, 0.05) is 17.1 Å². The molecule has 4 nitrogen and oxygen atoms in total. The van der Waals surface area contributed by atoms with Crippen molar-refractivity contribution in [2.45, 2.75) is 43.6 Å². The van der Waals surface area contributed by atoms with Crippen LogP contribution in [0.2, 0.25) is 0 Å². The van der Waals surface area contributed by atoms with Crippen molar-refractivity contribution in [2.75, 3.05) is 19.8 Å². The molecule has 4 rings (SSSR count). The van der Waals surface area contributed by atoms with Crippen molar-refractivity contribution in [2.24, 2.45) is 5.18 Å². The molecule has 1 amide bonds. The first-order valence-electron chi connectivity index (χ1n) is 10.2. The largest absolute Gasteiger partial charge is 0.319 e. The van der Waals surface area contributed by atoms with Crippen LogP contribution in [0.1, 0.15) is 58.6 Å². The van der Waals surface area contributed by atoms with Crippen molar-refractivity contribution in [3.63, 3.8) is 0 Å². The number of nitrogens with zero attached hydrogens (tertiary/aromatic N) is 2. The molecule has 1 saturated heterocycles. The second kappa shape index (κ2) is 8.30. The number of halogens is 3. The average molecular weight is 416 g/mol. The molecule has 7 heteroatoms. The lowest BCUT2D eigenvalue weighted by Gasteiger charge is -2.40. The third-order valence-electron chi connectivity index (χ3n) is 6.48. The summed E-state index contributed by atoms with van der Waals surface area (Å²) in [5.74, 6) is -1.90. The van der Waals surface area contributed by atoms with Crippen LogP contribution in [0.3, 0.4) is 0 Å². The van der Waals surface area contributed by atoms with Crippen LogP contribution >= 0.6 is 0 Å². The van der Waals surface area contributed by atoms with Gasteiger partial charge in [0.2, 0.25) is 0 Å². The summed E-state index contributed by atoms with van der Waals surface area (Å²) in [5.41, 5.74) is 1.60. The molecular formula is C23H23F3N2O2. The van der Waals surface area contributed by atoms with E-state index in [9.17, 15) is 22.9 Å². The highest BCUT2D eigenvalue weighted by Crippen LogP contribution is 2.43. The van der Waals surface area contributed by atoms with Crippen molar-refractivity contribution >= 4 is 5.91 Å². The number of alkyl halides is 1. The van der Waals surface area contributed by atoms with Gasteiger partial charge in [-0.3, -0.25) is 14.1 Å². The van der Waals surface area contributed by atoms with Crippen LogP contribution in [0.5, 0.6) is 0 Å². The summed E-state index contributed by atoms with van der Waals surface area (Å²) in [6.45, 7) is 1.24. The van der Waals surface area contributed by atoms with Gasteiger partial charge >= 0.3 is 5.91 Å². The van der Waals surface area contributed by atoms with Gasteiger partial charge in [-0.25, -0.2) is 8.78 Å². The van der Waals surface area contributed by atoms with Crippen LogP contribution in [-0.2, 0) is 12.0 Å². The minimum absolute atomic E-state index is 0.271. The third-order valence-corrected chi connectivity index (χ3v) is 6.48. The van der Waals surface area contributed by atoms with E-state index < -0.39 is 23.8 Å². The van der Waals surface area contributed by atoms with Crippen molar-refractivity contribution < 1.29 is 18.0 Å². The summed E-state index contributed by atoms with van der Waals surface area (Å²) in [7, 11) is 0. The lowest BCUT2D eigenvalue weighted by molar-refractivity contribution is 0.0996. The van der Waals surface area contributed by atoms with E-state index in [1.165, 1.54) is 24.3 Å². The molecule has 0 spiro atoms. The summed E-state index contributed by atoms with van der Waals surface area (Å²) in [6, 6.07) is 8.84. The van der Waals surface area contributed by atoms with Gasteiger partial charge < -0.3 is 0 Å². The van der Waals surface area contributed by atoms with Crippen LogP contribution in [0, 0.1) is 16.5 Å². The van der Waals surface area contributed by atoms with E-state index in [4.69, 9.17) is 0 Å². The number of carbonyl (C=O) groups excluding carboxylic acids is 1. The predicted molar refractivity (Wildman–Crippen MR) is 107 cm³/mol. The molecule has 0 N–H and O–H groups in total. The van der Waals surface area contributed by atoms with E-state index in [1.807, 2.05) is 0 Å². The monoisotopic (exact) mass is 416 g/mol. The van der Waals surface area contributed by atoms with Gasteiger partial charge in [0.15, 0.2) is 0 Å². The van der Waals surface area contributed by atoms with Crippen LogP contribution in [0.25, 0.3) is 0 Å². The second-order valence-corrected chi connectivity index (χ2v) is 8.40. The van der Waals surface area contributed by atoms with Crippen LogP contribution < -0.4 is 0 Å². The van der Waals surface area contributed by atoms with E-state index >= 15 is 0 Å². The molecular weight excluding hydrogens is 393 g/mol. The first-order chi connectivity index (χ1) is 14.5. The van der Waals surface area contributed by atoms with Crippen LogP contribution in [0.15, 0.2) is 41.6 Å². The van der Waals surface area contributed by atoms with E-state index in [-0.39, 0.29) is 17.3 Å². The predicted octanol–water partition coefficient (Wildman–Crippen LogP) is 5.25. The number of piperidine rings is 1. The summed E-state index contributed by atoms with van der Waals surface area (Å²) in [4.78, 5) is 24.3. The Hall–Kier alpha value is -2.54. The highest BCUT2D eigenvalue weighted by molar-refractivity contribution is 5.95. The van der Waals surface area contributed by atoms with E-state index in [2.05, 4.69) is 10.1 Å². The summed E-state index contributed by atoms with van der Waals surface area (Å²) >= 11 is 0. The number of hydrogen-bond donors (Lipinski definition) is 0. The third kappa shape index (κ3) is 4.03. The first-order valence-corrected chi connectivity index (χ1v) is 10.2. The van der Waals surface area contributed by atoms with Crippen molar-refractivity contribution in [1.29, 1.82) is 0 Å². The molecule has 1 aliphatic carbocycles. The lowest BCUT2D eigenvalue weighted by atomic mass is 9.74. The van der Waals surface area contributed by atoms with E-state index in [0.29, 0.717) is 32.5 Å². The highest BCUT2D eigenvalue weighted by Gasteiger charge is 2.37. The molecule has 0 atom stereocenters. The Morgan fingerprint density at radius 1 is 1.10 bits per heavy atom. The Labute approximate surface area is 173 Å². The Morgan fingerprint density at radius 2 is 1.77 bits per heavy atom. The molecule has 0 unspecified atom stereocenters. The minimum atomic E-state index is -1.09. The van der Waals surface area contributed by atoms with Gasteiger partial charge in [0.25, 0.3) is 0 Å². The zero-order valence-corrected chi connectivity index (χ0v) is 16.5. The molecule has 1 heterocycles. The molecule has 1 saturated carbocycles.